The molecule has 0 aliphatic carbocycles. The van der Waals surface area contributed by atoms with Crippen molar-refractivity contribution in [2.75, 3.05) is 0 Å². The molecule has 1 unspecified atom stereocenters. The van der Waals surface area contributed by atoms with E-state index in [1.807, 2.05) is 0 Å². The number of hydrogen-bond donors (Lipinski definition) is 1. The highest BCUT2D eigenvalue weighted by Gasteiger charge is 2.24. The summed E-state index contributed by atoms with van der Waals surface area (Å²) in [6.45, 7) is 0. The number of aliphatic imine (C=N–C) groups is 1. The summed E-state index contributed by atoms with van der Waals surface area (Å²) in [6, 6.07) is 71.6. The van der Waals surface area contributed by atoms with Gasteiger partial charge in [-0.15, -0.1) is 0 Å². The van der Waals surface area contributed by atoms with Gasteiger partial charge in [0.15, 0.2) is 0 Å². The summed E-state index contributed by atoms with van der Waals surface area (Å²) < 4.78 is 4.83. The average molecular weight is 717 g/mol. The molecule has 4 nitrogen and oxygen atoms in total. The van der Waals surface area contributed by atoms with Crippen molar-refractivity contribution in [1.82, 2.24) is 14.5 Å². The minimum absolute atomic E-state index is 0.136. The third kappa shape index (κ3) is 5.26. The van der Waals surface area contributed by atoms with Gasteiger partial charge in [0.2, 0.25) is 0 Å². The summed E-state index contributed by atoms with van der Waals surface area (Å²) in [4.78, 5) is 5.44. The van der Waals surface area contributed by atoms with Crippen LogP contribution in [0.3, 0.4) is 0 Å². The number of fused-ring (bicyclic) bond motifs is 6. The molecule has 1 N–H and O–H groups in total. The second-order valence-corrected chi connectivity index (χ2v) is 14.4. The maximum Gasteiger partial charge on any atom is 0.134 e. The Morgan fingerprint density at radius 2 is 0.821 bits per heavy atom. The van der Waals surface area contributed by atoms with E-state index >= 15 is 0 Å². The maximum atomic E-state index is 5.44. The molecule has 0 spiro atoms. The molecule has 1 aliphatic rings. The van der Waals surface area contributed by atoms with Gasteiger partial charge in [0.05, 0.1) is 33.8 Å². The van der Waals surface area contributed by atoms with Crippen LogP contribution in [0.15, 0.2) is 211 Å². The van der Waals surface area contributed by atoms with Crippen molar-refractivity contribution in [3.05, 3.63) is 223 Å². The zero-order valence-corrected chi connectivity index (χ0v) is 30.5. The van der Waals surface area contributed by atoms with Crippen LogP contribution in [0.2, 0.25) is 0 Å². The molecule has 1 aliphatic heterocycles. The van der Waals surface area contributed by atoms with E-state index in [0.29, 0.717) is 0 Å². The Morgan fingerprint density at radius 3 is 1.34 bits per heavy atom. The third-order valence-electron chi connectivity index (χ3n) is 11.2. The molecule has 0 bridgehead atoms. The summed E-state index contributed by atoms with van der Waals surface area (Å²) in [6.07, 6.45) is 2.30. The molecule has 11 rings (SSSR count). The second kappa shape index (κ2) is 13.2. The van der Waals surface area contributed by atoms with Crippen molar-refractivity contribution in [2.45, 2.75) is 6.04 Å². The molecule has 0 saturated carbocycles. The van der Waals surface area contributed by atoms with Crippen molar-refractivity contribution >= 4 is 55.1 Å². The number of hydrogen-bond acceptors (Lipinski definition) is 2. The first-order valence-electron chi connectivity index (χ1n) is 19.2. The highest BCUT2D eigenvalue weighted by atomic mass is 15.1. The van der Waals surface area contributed by atoms with Gasteiger partial charge < -0.3 is 14.5 Å². The minimum Gasteiger partial charge on any atom is -0.359 e. The molecule has 264 valence electrons. The molecule has 0 saturated heterocycles. The van der Waals surface area contributed by atoms with E-state index in [2.05, 4.69) is 221 Å². The Labute approximate surface area is 324 Å². The van der Waals surface area contributed by atoms with Gasteiger partial charge >= 0.3 is 0 Å². The fraction of sp³-hybridized carbons (Fsp3) is 0.0192. The summed E-state index contributed by atoms with van der Waals surface area (Å²) in [5.74, 6) is 0.844. The van der Waals surface area contributed by atoms with E-state index in [1.54, 1.807) is 0 Å². The molecule has 0 radical (unpaired) electrons. The molecular weight excluding hydrogens is 681 g/mol. The number of rotatable bonds is 6. The molecule has 2 aromatic heterocycles. The largest absolute Gasteiger partial charge is 0.359 e. The van der Waals surface area contributed by atoms with Gasteiger partial charge in [-0.2, -0.15) is 0 Å². The third-order valence-corrected chi connectivity index (χ3v) is 11.2. The first kappa shape index (κ1) is 32.0. The van der Waals surface area contributed by atoms with Gasteiger partial charge in [0.1, 0.15) is 5.84 Å². The van der Waals surface area contributed by atoms with Crippen LogP contribution >= 0.6 is 0 Å². The number of benzene rings is 8. The van der Waals surface area contributed by atoms with E-state index < -0.39 is 0 Å². The Bertz CT molecular complexity index is 2930. The smallest absolute Gasteiger partial charge is 0.134 e. The standard InChI is InChI=1S/C52H36N4/c1-3-17-35(18-4-1)40-21-7-8-22-41(40)47-34-46(53-52(54-47)36-19-5-2-6-20-36)37-31-38(55-48-27-13-9-23-42(48)43-24-10-14-28-49(43)55)33-39(32-37)56-50-29-15-11-25-44(50)45-26-12-16-30-51(45)56/h1-34,47H,(H,53,54). The van der Waals surface area contributed by atoms with Gasteiger partial charge in [-0.05, 0) is 65.2 Å². The molecule has 8 aromatic carbocycles. The van der Waals surface area contributed by atoms with Gasteiger partial charge in [-0.1, -0.05) is 158 Å². The van der Waals surface area contributed by atoms with E-state index in [4.69, 9.17) is 4.99 Å². The van der Waals surface area contributed by atoms with Crippen molar-refractivity contribution in [3.63, 3.8) is 0 Å². The number of nitrogens with one attached hydrogen (secondary N) is 1. The SMILES string of the molecule is C1=C(c2cc(-n3c4ccccc4c4ccccc43)cc(-n3c4ccccc4c4ccccc43)c2)N=C(c2ccccc2)NC1c1ccccc1-c1ccccc1. The average Bonchev–Trinajstić information content (AvgIpc) is 3.80. The van der Waals surface area contributed by atoms with Crippen LogP contribution in [0.5, 0.6) is 0 Å². The molecule has 1 atom stereocenters. The van der Waals surface area contributed by atoms with Crippen LogP contribution in [-0.2, 0) is 0 Å². The van der Waals surface area contributed by atoms with Crippen molar-refractivity contribution < 1.29 is 0 Å². The molecule has 10 aromatic rings. The predicted molar refractivity (Wildman–Crippen MR) is 234 cm³/mol. The van der Waals surface area contributed by atoms with Gasteiger partial charge in [-0.3, -0.25) is 0 Å². The van der Waals surface area contributed by atoms with Crippen molar-refractivity contribution in [3.8, 4) is 22.5 Å². The zero-order valence-electron chi connectivity index (χ0n) is 30.5. The Balaban J connectivity index is 1.20. The highest BCUT2D eigenvalue weighted by Crippen LogP contribution is 2.39. The normalized spacial score (nSPS) is 14.2. The summed E-state index contributed by atoms with van der Waals surface area (Å²) in [5.41, 5.74) is 13.4. The van der Waals surface area contributed by atoms with Crippen LogP contribution in [0.1, 0.15) is 22.7 Å². The first-order chi connectivity index (χ1) is 27.8. The Morgan fingerprint density at radius 1 is 0.393 bits per heavy atom. The lowest BCUT2D eigenvalue weighted by Gasteiger charge is -2.26. The van der Waals surface area contributed by atoms with E-state index in [0.717, 1.165) is 34.0 Å². The van der Waals surface area contributed by atoms with Crippen molar-refractivity contribution in [2.24, 2.45) is 4.99 Å². The Hall–Kier alpha value is -7.43. The van der Waals surface area contributed by atoms with Gasteiger partial charge in [-0.25, -0.2) is 4.99 Å². The highest BCUT2D eigenvalue weighted by molar-refractivity contribution is 6.11. The van der Waals surface area contributed by atoms with E-state index in [-0.39, 0.29) is 6.04 Å². The van der Waals surface area contributed by atoms with Crippen LogP contribution in [0.4, 0.5) is 0 Å². The fourth-order valence-electron chi connectivity index (χ4n) is 8.66. The predicted octanol–water partition coefficient (Wildman–Crippen LogP) is 12.7. The Kier molecular flexibility index (Phi) is 7.52. The summed E-state index contributed by atoms with van der Waals surface area (Å²) in [5, 5.41) is 8.77. The van der Waals surface area contributed by atoms with Gasteiger partial charge in [0.25, 0.3) is 0 Å². The first-order valence-corrected chi connectivity index (χ1v) is 19.2. The van der Waals surface area contributed by atoms with Crippen molar-refractivity contribution in [1.29, 1.82) is 0 Å². The number of nitrogens with zero attached hydrogens (tertiary/aromatic N) is 3. The molecule has 4 heteroatoms. The molecule has 0 amide bonds. The van der Waals surface area contributed by atoms with Gasteiger partial charge in [0, 0.05) is 44.0 Å². The summed E-state index contributed by atoms with van der Waals surface area (Å²) in [7, 11) is 0. The topological polar surface area (TPSA) is 34.2 Å². The lowest BCUT2D eigenvalue weighted by Crippen LogP contribution is -2.31. The number of aromatic nitrogens is 2. The summed E-state index contributed by atoms with van der Waals surface area (Å²) >= 11 is 0. The second-order valence-electron chi connectivity index (χ2n) is 14.4. The van der Waals surface area contributed by atoms with E-state index in [9.17, 15) is 0 Å². The maximum absolute atomic E-state index is 5.44. The van der Waals surface area contributed by atoms with Crippen LogP contribution in [0.25, 0.3) is 71.8 Å². The lowest BCUT2D eigenvalue weighted by atomic mass is 9.92. The minimum atomic E-state index is -0.136. The number of amidine groups is 1. The molecular formula is C52H36N4. The monoisotopic (exact) mass is 716 g/mol. The molecule has 56 heavy (non-hydrogen) atoms. The van der Waals surface area contributed by atoms with Crippen LogP contribution < -0.4 is 5.32 Å². The number of para-hydroxylation sites is 4. The van der Waals surface area contributed by atoms with Crippen LogP contribution in [-0.4, -0.2) is 15.0 Å². The molecule has 3 heterocycles. The lowest BCUT2D eigenvalue weighted by molar-refractivity contribution is 0.782. The zero-order chi connectivity index (χ0) is 37.0. The molecule has 0 fully saturated rings. The fourth-order valence-corrected chi connectivity index (χ4v) is 8.66. The van der Waals surface area contributed by atoms with E-state index in [1.165, 1.54) is 60.3 Å². The quantitative estimate of drug-likeness (QED) is 0.183. The van der Waals surface area contributed by atoms with Crippen LogP contribution in [0, 0.1) is 0 Å².